The fourth-order valence-corrected chi connectivity index (χ4v) is 3.79. The van der Waals surface area contributed by atoms with Crippen LogP contribution in [0.3, 0.4) is 0 Å². The number of aliphatic carboxylic acids is 1. The predicted octanol–water partition coefficient (Wildman–Crippen LogP) is 2.39. The van der Waals surface area contributed by atoms with Crippen LogP contribution < -0.4 is 5.73 Å². The topological polar surface area (TPSA) is 63.3 Å². The van der Waals surface area contributed by atoms with Gasteiger partial charge in [0.2, 0.25) is 0 Å². The highest BCUT2D eigenvalue weighted by Crippen LogP contribution is 2.45. The quantitative estimate of drug-likeness (QED) is 0.775. The summed E-state index contributed by atoms with van der Waals surface area (Å²) in [6.45, 7) is 0. The lowest BCUT2D eigenvalue weighted by Crippen LogP contribution is -2.38. The van der Waals surface area contributed by atoms with Crippen molar-refractivity contribution in [2.24, 2.45) is 23.5 Å². The minimum absolute atomic E-state index is 0.574. The first kappa shape index (κ1) is 11.9. The molecule has 3 N–H and O–H groups in total. The van der Waals surface area contributed by atoms with E-state index < -0.39 is 12.0 Å². The number of fused-ring (bicyclic) bond motifs is 1. The van der Waals surface area contributed by atoms with Crippen LogP contribution in [-0.2, 0) is 4.79 Å². The van der Waals surface area contributed by atoms with E-state index in [1.807, 2.05) is 0 Å². The van der Waals surface area contributed by atoms with E-state index in [1.54, 1.807) is 0 Å². The molecule has 0 aromatic heterocycles. The Morgan fingerprint density at radius 2 is 1.88 bits per heavy atom. The molecule has 0 radical (unpaired) electrons. The summed E-state index contributed by atoms with van der Waals surface area (Å²) in [7, 11) is 0. The zero-order chi connectivity index (χ0) is 11.5. The molecule has 2 aliphatic rings. The molecule has 2 rings (SSSR count). The van der Waals surface area contributed by atoms with Crippen LogP contribution in [0.15, 0.2) is 0 Å². The zero-order valence-corrected chi connectivity index (χ0v) is 9.90. The normalized spacial score (nSPS) is 36.4. The third-order valence-electron chi connectivity index (χ3n) is 4.60. The Hall–Kier alpha value is -0.570. The molecule has 0 bridgehead atoms. The second-order valence-corrected chi connectivity index (χ2v) is 5.58. The second kappa shape index (κ2) is 5.17. The van der Waals surface area contributed by atoms with Gasteiger partial charge < -0.3 is 10.8 Å². The molecule has 2 saturated carbocycles. The summed E-state index contributed by atoms with van der Waals surface area (Å²) in [4.78, 5) is 10.8. The molecule has 92 valence electrons. The third-order valence-corrected chi connectivity index (χ3v) is 4.60. The maximum absolute atomic E-state index is 10.8. The van der Waals surface area contributed by atoms with Gasteiger partial charge in [0.1, 0.15) is 6.04 Å². The minimum Gasteiger partial charge on any atom is -0.480 e. The molecule has 2 aliphatic carbocycles. The molecule has 0 spiro atoms. The number of carbonyl (C=O) groups is 1. The molecule has 4 unspecified atom stereocenters. The Morgan fingerprint density at radius 3 is 2.62 bits per heavy atom. The van der Waals surface area contributed by atoms with Crippen molar-refractivity contribution >= 4 is 5.97 Å². The molecule has 0 amide bonds. The maximum Gasteiger partial charge on any atom is 0.320 e. The van der Waals surface area contributed by atoms with Crippen molar-refractivity contribution in [3.05, 3.63) is 0 Å². The summed E-state index contributed by atoms with van der Waals surface area (Å²) >= 11 is 0. The lowest BCUT2D eigenvalue weighted by molar-refractivity contribution is -0.139. The Morgan fingerprint density at radius 1 is 1.19 bits per heavy atom. The molecule has 16 heavy (non-hydrogen) atoms. The molecule has 4 atom stereocenters. The third kappa shape index (κ3) is 2.57. The lowest BCUT2D eigenvalue weighted by atomic mass is 9.64. The highest BCUT2D eigenvalue weighted by molar-refractivity contribution is 5.73. The minimum atomic E-state index is -0.835. The molecule has 0 aromatic carbocycles. The number of carboxylic acid groups (broad SMARTS) is 1. The Bertz CT molecular complexity index is 252. The summed E-state index contributed by atoms with van der Waals surface area (Å²) in [6, 6.07) is -0.648. The van der Waals surface area contributed by atoms with Crippen LogP contribution in [0.5, 0.6) is 0 Å². The van der Waals surface area contributed by atoms with Gasteiger partial charge in [-0.25, -0.2) is 0 Å². The molecule has 3 heteroatoms. The van der Waals surface area contributed by atoms with Gasteiger partial charge in [-0.05, 0) is 30.6 Å². The van der Waals surface area contributed by atoms with Crippen molar-refractivity contribution in [3.8, 4) is 0 Å². The SMILES string of the molecule is NC(CC1CCCC2CCCCC21)C(=O)O. The smallest absolute Gasteiger partial charge is 0.320 e. The number of rotatable bonds is 3. The highest BCUT2D eigenvalue weighted by Gasteiger charge is 2.36. The van der Waals surface area contributed by atoms with Gasteiger partial charge in [-0.3, -0.25) is 4.79 Å². The van der Waals surface area contributed by atoms with Gasteiger partial charge in [0.15, 0.2) is 0 Å². The first-order valence-electron chi connectivity index (χ1n) is 6.67. The van der Waals surface area contributed by atoms with Crippen LogP contribution in [0.4, 0.5) is 0 Å². The fourth-order valence-electron chi connectivity index (χ4n) is 3.79. The molecular formula is C13H23NO2. The van der Waals surface area contributed by atoms with E-state index in [4.69, 9.17) is 10.8 Å². The Balaban J connectivity index is 1.94. The molecule has 0 saturated heterocycles. The molecule has 2 fully saturated rings. The summed E-state index contributed by atoms with van der Waals surface area (Å²) in [5, 5.41) is 8.88. The summed E-state index contributed by atoms with van der Waals surface area (Å²) in [6.07, 6.45) is 9.91. The van der Waals surface area contributed by atoms with Crippen molar-refractivity contribution < 1.29 is 9.90 Å². The average molecular weight is 225 g/mol. The standard InChI is InChI=1S/C13H23NO2/c14-12(13(15)16)8-10-6-3-5-9-4-1-2-7-11(9)10/h9-12H,1-8,14H2,(H,15,16). The molecule has 0 heterocycles. The van der Waals surface area contributed by atoms with E-state index in [0.717, 1.165) is 11.8 Å². The molecular weight excluding hydrogens is 202 g/mol. The number of nitrogens with two attached hydrogens (primary N) is 1. The van der Waals surface area contributed by atoms with Crippen LogP contribution >= 0.6 is 0 Å². The maximum atomic E-state index is 10.8. The van der Waals surface area contributed by atoms with Gasteiger partial charge in [-0.15, -0.1) is 0 Å². The monoisotopic (exact) mass is 225 g/mol. The largest absolute Gasteiger partial charge is 0.480 e. The van der Waals surface area contributed by atoms with E-state index in [1.165, 1.54) is 44.9 Å². The van der Waals surface area contributed by atoms with E-state index in [2.05, 4.69) is 0 Å². The fraction of sp³-hybridized carbons (Fsp3) is 0.923. The van der Waals surface area contributed by atoms with Crippen LogP contribution in [0.1, 0.15) is 51.4 Å². The van der Waals surface area contributed by atoms with Gasteiger partial charge >= 0.3 is 5.97 Å². The van der Waals surface area contributed by atoms with Crippen molar-refractivity contribution in [1.29, 1.82) is 0 Å². The van der Waals surface area contributed by atoms with Crippen molar-refractivity contribution in [2.45, 2.75) is 57.4 Å². The van der Waals surface area contributed by atoms with Crippen LogP contribution in [0.25, 0.3) is 0 Å². The van der Waals surface area contributed by atoms with E-state index >= 15 is 0 Å². The average Bonchev–Trinajstić information content (AvgIpc) is 2.29. The number of carboxylic acids is 1. The van der Waals surface area contributed by atoms with Crippen LogP contribution in [-0.4, -0.2) is 17.1 Å². The number of hydrogen-bond acceptors (Lipinski definition) is 2. The summed E-state index contributed by atoms with van der Waals surface area (Å²) < 4.78 is 0. The van der Waals surface area contributed by atoms with Crippen LogP contribution in [0, 0.1) is 17.8 Å². The number of hydrogen-bond donors (Lipinski definition) is 2. The summed E-state index contributed by atoms with van der Waals surface area (Å²) in [5.41, 5.74) is 5.67. The summed E-state index contributed by atoms with van der Waals surface area (Å²) in [5.74, 6) is 1.38. The Labute approximate surface area is 97.4 Å². The first-order valence-corrected chi connectivity index (χ1v) is 6.67. The van der Waals surface area contributed by atoms with Crippen molar-refractivity contribution in [1.82, 2.24) is 0 Å². The predicted molar refractivity (Wildman–Crippen MR) is 63.0 cm³/mol. The second-order valence-electron chi connectivity index (χ2n) is 5.58. The highest BCUT2D eigenvalue weighted by atomic mass is 16.4. The first-order chi connectivity index (χ1) is 7.68. The van der Waals surface area contributed by atoms with Gasteiger partial charge in [-0.2, -0.15) is 0 Å². The lowest BCUT2D eigenvalue weighted by Gasteiger charge is -2.42. The van der Waals surface area contributed by atoms with Crippen LogP contribution in [0.2, 0.25) is 0 Å². The molecule has 0 aromatic rings. The van der Waals surface area contributed by atoms with Crippen molar-refractivity contribution in [3.63, 3.8) is 0 Å². The molecule has 0 aliphatic heterocycles. The van der Waals surface area contributed by atoms with E-state index in [0.29, 0.717) is 12.3 Å². The van der Waals surface area contributed by atoms with E-state index in [-0.39, 0.29) is 0 Å². The molecule has 3 nitrogen and oxygen atoms in total. The van der Waals surface area contributed by atoms with Gasteiger partial charge in [0.25, 0.3) is 0 Å². The van der Waals surface area contributed by atoms with E-state index in [9.17, 15) is 4.79 Å². The van der Waals surface area contributed by atoms with Gasteiger partial charge in [0.05, 0.1) is 0 Å². The van der Waals surface area contributed by atoms with Gasteiger partial charge in [0, 0.05) is 0 Å². The van der Waals surface area contributed by atoms with Gasteiger partial charge in [-0.1, -0.05) is 38.5 Å². The van der Waals surface area contributed by atoms with Crippen molar-refractivity contribution in [2.75, 3.05) is 0 Å². The Kier molecular flexibility index (Phi) is 3.85. The zero-order valence-electron chi connectivity index (χ0n) is 9.90.